The van der Waals surface area contributed by atoms with E-state index in [1.165, 1.54) is 31.4 Å². The van der Waals surface area contributed by atoms with Crippen molar-refractivity contribution in [2.24, 2.45) is 5.41 Å². The van der Waals surface area contributed by atoms with Crippen LogP contribution in [0.5, 0.6) is 0 Å². The zero-order valence-electron chi connectivity index (χ0n) is 17.4. The van der Waals surface area contributed by atoms with Crippen LogP contribution in [0, 0.1) is 5.41 Å². The van der Waals surface area contributed by atoms with E-state index in [0.29, 0.717) is 5.56 Å². The fraction of sp³-hybridized carbons (Fsp3) is 0.458. The van der Waals surface area contributed by atoms with Crippen LogP contribution in [-0.2, 0) is 6.42 Å². The van der Waals surface area contributed by atoms with Crippen LogP contribution >= 0.6 is 0 Å². The van der Waals surface area contributed by atoms with Gasteiger partial charge in [0.1, 0.15) is 11.0 Å². The van der Waals surface area contributed by atoms with Crippen molar-refractivity contribution in [3.8, 4) is 0 Å². The minimum atomic E-state index is 0.123. The number of aromatic amines is 1. The highest BCUT2D eigenvalue weighted by Crippen LogP contribution is 2.39. The molecule has 2 aliphatic rings. The van der Waals surface area contributed by atoms with Gasteiger partial charge in [-0.1, -0.05) is 30.3 Å². The molecule has 0 radical (unpaired) electrons. The summed E-state index contributed by atoms with van der Waals surface area (Å²) in [6, 6.07) is 16.3. The van der Waals surface area contributed by atoms with Crippen LogP contribution in [0.3, 0.4) is 0 Å². The van der Waals surface area contributed by atoms with Gasteiger partial charge in [-0.2, -0.15) is 15.4 Å². The van der Waals surface area contributed by atoms with E-state index in [1.807, 2.05) is 18.2 Å². The number of nitrogens with one attached hydrogen (secondary N) is 1. The summed E-state index contributed by atoms with van der Waals surface area (Å²) in [6.07, 6.45) is 5.91. The van der Waals surface area contributed by atoms with Crippen molar-refractivity contribution in [3.05, 3.63) is 59.7 Å². The van der Waals surface area contributed by atoms with E-state index >= 15 is 0 Å². The molecule has 2 aromatic carbocycles. The van der Waals surface area contributed by atoms with E-state index in [9.17, 15) is 4.79 Å². The molecular formula is C24H29N5O. The van der Waals surface area contributed by atoms with Gasteiger partial charge in [0.25, 0.3) is 5.91 Å². The average Bonchev–Trinajstić information content (AvgIpc) is 3.41. The molecule has 3 heterocycles. The molecule has 1 aromatic heterocycles. The molecule has 1 amide bonds. The Bertz CT molecular complexity index is 1020. The number of likely N-dealkylation sites (tertiary alicyclic amines) is 2. The molecule has 0 aliphatic carbocycles. The van der Waals surface area contributed by atoms with Crippen LogP contribution in [0.2, 0.25) is 0 Å². The smallest absolute Gasteiger partial charge is 0.253 e. The third-order valence-electron chi connectivity index (χ3n) is 6.81. The highest BCUT2D eigenvalue weighted by atomic mass is 16.2. The summed E-state index contributed by atoms with van der Waals surface area (Å²) in [5, 5.41) is 10.8. The number of hydrogen-bond acceptors (Lipinski definition) is 4. The summed E-state index contributed by atoms with van der Waals surface area (Å²) >= 11 is 0. The van der Waals surface area contributed by atoms with E-state index in [2.05, 4.69) is 55.5 Å². The first-order valence-corrected chi connectivity index (χ1v) is 11.1. The summed E-state index contributed by atoms with van der Waals surface area (Å²) < 4.78 is 0. The van der Waals surface area contributed by atoms with Crippen molar-refractivity contribution in [2.75, 3.05) is 32.7 Å². The molecule has 2 aliphatic heterocycles. The molecule has 6 nitrogen and oxygen atoms in total. The topological polar surface area (TPSA) is 65.1 Å². The number of amides is 1. The number of carbonyl (C=O) groups is 1. The molecule has 1 N–H and O–H groups in total. The van der Waals surface area contributed by atoms with Crippen molar-refractivity contribution in [1.82, 2.24) is 25.2 Å². The number of benzene rings is 2. The van der Waals surface area contributed by atoms with Gasteiger partial charge in [-0.15, -0.1) is 0 Å². The van der Waals surface area contributed by atoms with Gasteiger partial charge in [-0.3, -0.25) is 4.79 Å². The van der Waals surface area contributed by atoms with Crippen molar-refractivity contribution >= 4 is 16.9 Å². The molecular weight excluding hydrogens is 374 g/mol. The minimum absolute atomic E-state index is 0.123. The van der Waals surface area contributed by atoms with Gasteiger partial charge in [0.05, 0.1) is 0 Å². The summed E-state index contributed by atoms with van der Waals surface area (Å²) in [7, 11) is 0. The van der Waals surface area contributed by atoms with Crippen LogP contribution < -0.4 is 0 Å². The molecule has 6 heteroatoms. The van der Waals surface area contributed by atoms with Gasteiger partial charge >= 0.3 is 0 Å². The van der Waals surface area contributed by atoms with Gasteiger partial charge in [-0.25, -0.2) is 0 Å². The fourth-order valence-electron chi connectivity index (χ4n) is 5.25. The first-order chi connectivity index (χ1) is 14.7. The molecule has 3 aromatic rings. The van der Waals surface area contributed by atoms with Crippen molar-refractivity contribution < 1.29 is 4.79 Å². The van der Waals surface area contributed by atoms with Crippen molar-refractivity contribution in [2.45, 2.75) is 32.1 Å². The Morgan fingerprint density at radius 3 is 2.77 bits per heavy atom. The standard InChI is InChI=1S/C24H29N5O/c30-23(20-9-10-21-22(16-20)26-27-25-21)29-15-12-24(18-29)11-5-14-28(17-24)13-4-8-19-6-2-1-3-7-19/h1-3,6-7,9-10,16H,4-5,8,11-15,17-18H2,(H,25,26,27)/t24-/m1/s1. The van der Waals surface area contributed by atoms with Crippen LogP contribution in [0.15, 0.2) is 48.5 Å². The van der Waals surface area contributed by atoms with Gasteiger partial charge in [0.15, 0.2) is 0 Å². The second-order valence-corrected chi connectivity index (χ2v) is 8.97. The summed E-state index contributed by atoms with van der Waals surface area (Å²) in [6.45, 7) is 5.18. The second-order valence-electron chi connectivity index (χ2n) is 8.97. The van der Waals surface area contributed by atoms with Gasteiger partial charge in [-0.05, 0) is 69.0 Å². The van der Waals surface area contributed by atoms with Crippen LogP contribution in [-0.4, -0.2) is 63.8 Å². The maximum absolute atomic E-state index is 13.1. The number of H-pyrrole nitrogens is 1. The lowest BCUT2D eigenvalue weighted by atomic mass is 9.79. The Kier molecular flexibility index (Phi) is 5.25. The second kappa shape index (κ2) is 8.19. The number of rotatable bonds is 5. The highest BCUT2D eigenvalue weighted by molar-refractivity contribution is 5.97. The van der Waals surface area contributed by atoms with E-state index in [4.69, 9.17) is 0 Å². The predicted octanol–water partition coefficient (Wildman–Crippen LogP) is 3.52. The first-order valence-electron chi connectivity index (χ1n) is 11.1. The molecule has 2 fully saturated rings. The molecule has 1 spiro atoms. The number of nitrogens with zero attached hydrogens (tertiary/aromatic N) is 4. The molecule has 0 unspecified atom stereocenters. The Balaban J connectivity index is 1.18. The van der Waals surface area contributed by atoms with E-state index in [0.717, 1.165) is 50.1 Å². The third kappa shape index (κ3) is 3.97. The van der Waals surface area contributed by atoms with Crippen LogP contribution in [0.4, 0.5) is 0 Å². The molecule has 0 bridgehead atoms. The number of aryl methyl sites for hydroxylation is 1. The predicted molar refractivity (Wildman–Crippen MR) is 117 cm³/mol. The minimum Gasteiger partial charge on any atom is -0.338 e. The summed E-state index contributed by atoms with van der Waals surface area (Å²) in [5.74, 6) is 0.123. The lowest BCUT2D eigenvalue weighted by Crippen LogP contribution is -2.45. The number of hydrogen-bond donors (Lipinski definition) is 1. The molecule has 0 saturated carbocycles. The van der Waals surface area contributed by atoms with Gasteiger partial charge in [0, 0.05) is 30.6 Å². The Morgan fingerprint density at radius 2 is 1.87 bits per heavy atom. The van der Waals surface area contributed by atoms with Crippen molar-refractivity contribution in [1.29, 1.82) is 0 Å². The summed E-state index contributed by atoms with van der Waals surface area (Å²) in [4.78, 5) is 17.8. The quantitative estimate of drug-likeness (QED) is 0.708. The molecule has 1 atom stereocenters. The van der Waals surface area contributed by atoms with Gasteiger partial charge in [0.2, 0.25) is 0 Å². The molecule has 156 valence electrons. The summed E-state index contributed by atoms with van der Waals surface area (Å²) in [5.41, 5.74) is 3.94. The van der Waals surface area contributed by atoms with Gasteiger partial charge < -0.3 is 9.80 Å². The number of piperidine rings is 1. The fourth-order valence-corrected chi connectivity index (χ4v) is 5.25. The Morgan fingerprint density at radius 1 is 1.00 bits per heavy atom. The SMILES string of the molecule is O=C(c1ccc2n[nH]nc2c1)N1CC[C@@]2(CCCN(CCCc3ccccc3)C2)C1. The Labute approximate surface area is 177 Å². The zero-order chi connectivity index (χ0) is 20.4. The van der Waals surface area contributed by atoms with Crippen molar-refractivity contribution in [3.63, 3.8) is 0 Å². The Hall–Kier alpha value is -2.73. The maximum atomic E-state index is 13.1. The third-order valence-corrected chi connectivity index (χ3v) is 6.81. The number of aromatic nitrogens is 3. The first kappa shape index (κ1) is 19.2. The lowest BCUT2D eigenvalue weighted by Gasteiger charge is -2.40. The number of carbonyl (C=O) groups excluding carboxylic acids is 1. The van der Waals surface area contributed by atoms with E-state index in [1.54, 1.807) is 0 Å². The normalized spacial score (nSPS) is 22.2. The van der Waals surface area contributed by atoms with E-state index in [-0.39, 0.29) is 11.3 Å². The van der Waals surface area contributed by atoms with E-state index < -0.39 is 0 Å². The zero-order valence-corrected chi connectivity index (χ0v) is 17.4. The lowest BCUT2D eigenvalue weighted by molar-refractivity contribution is 0.0688. The average molecular weight is 404 g/mol. The van der Waals surface area contributed by atoms with Crippen LogP contribution in [0.1, 0.15) is 41.6 Å². The maximum Gasteiger partial charge on any atom is 0.253 e. The molecule has 30 heavy (non-hydrogen) atoms. The highest BCUT2D eigenvalue weighted by Gasteiger charge is 2.42. The molecule has 2 saturated heterocycles. The largest absolute Gasteiger partial charge is 0.338 e. The number of fused-ring (bicyclic) bond motifs is 1. The van der Waals surface area contributed by atoms with Crippen LogP contribution in [0.25, 0.3) is 11.0 Å². The molecule has 5 rings (SSSR count). The monoisotopic (exact) mass is 403 g/mol.